The molecule has 1 aliphatic carbocycles. The molecule has 0 radical (unpaired) electrons. The van der Waals surface area contributed by atoms with Crippen molar-refractivity contribution in [2.45, 2.75) is 77.9 Å². The second-order valence-corrected chi connectivity index (χ2v) is 11.2. The Morgan fingerprint density at radius 1 is 1.19 bits per heavy atom. The highest BCUT2D eigenvalue weighted by molar-refractivity contribution is 6.05. The summed E-state index contributed by atoms with van der Waals surface area (Å²) in [6, 6.07) is 7.74. The number of nitrogens with zero attached hydrogens (tertiary/aromatic N) is 3. The Labute approximate surface area is 216 Å². The summed E-state index contributed by atoms with van der Waals surface area (Å²) in [5, 5.41) is 18.5. The van der Waals surface area contributed by atoms with Gasteiger partial charge in [0.25, 0.3) is 11.8 Å². The average Bonchev–Trinajstić information content (AvgIpc) is 3.24. The van der Waals surface area contributed by atoms with Crippen molar-refractivity contribution < 1.29 is 23.4 Å². The highest BCUT2D eigenvalue weighted by Gasteiger charge is 2.28. The molecule has 2 aromatic heterocycles. The number of fused-ring (bicyclic) bond motifs is 1. The molecule has 0 aliphatic heterocycles. The summed E-state index contributed by atoms with van der Waals surface area (Å²) >= 11 is 0. The molecule has 0 unspecified atom stereocenters. The molecule has 0 bridgehead atoms. The second kappa shape index (κ2) is 10.4. The monoisotopic (exact) mass is 514 g/mol. The second-order valence-electron chi connectivity index (χ2n) is 11.2. The number of anilines is 1. The maximum absolute atomic E-state index is 13.7. The number of amides is 1. The lowest BCUT2D eigenvalue weighted by atomic mass is 9.80. The van der Waals surface area contributed by atoms with Gasteiger partial charge in [0.2, 0.25) is 0 Å². The maximum Gasteiger partial charge on any atom is 0.287 e. The van der Waals surface area contributed by atoms with E-state index in [2.05, 4.69) is 24.1 Å². The van der Waals surface area contributed by atoms with Crippen molar-refractivity contribution in [2.75, 3.05) is 11.9 Å². The number of aromatic nitrogens is 3. The fourth-order valence-corrected chi connectivity index (χ4v) is 4.75. The molecule has 37 heavy (non-hydrogen) atoms. The number of benzene rings is 1. The number of halogens is 2. The molecule has 7 nitrogen and oxygen atoms in total. The standard InChI is InChI=1S/C28H36F2N4O3/c1-17(2)18-9-11-20(12-10-18)34-15-19-13-23(24(14-22(19)33-34)37-16-27(3,4)36)32-26(35)21-7-6-8-25(31-21)28(5,29)30/h6-8,13-15,17-18,20,36H,9-12,16H2,1-5H3,(H,32,35). The molecule has 1 amide bonds. The van der Waals surface area contributed by atoms with Crippen LogP contribution in [0, 0.1) is 11.8 Å². The van der Waals surface area contributed by atoms with E-state index in [0.717, 1.165) is 31.1 Å². The Bertz CT molecular complexity index is 1250. The lowest BCUT2D eigenvalue weighted by Crippen LogP contribution is -2.28. The highest BCUT2D eigenvalue weighted by atomic mass is 19.3. The molecule has 4 rings (SSSR count). The van der Waals surface area contributed by atoms with Crippen LogP contribution in [0.2, 0.25) is 0 Å². The molecule has 200 valence electrons. The van der Waals surface area contributed by atoms with E-state index in [9.17, 15) is 18.7 Å². The number of pyridine rings is 1. The van der Waals surface area contributed by atoms with Crippen molar-refractivity contribution in [3.05, 3.63) is 47.9 Å². The van der Waals surface area contributed by atoms with Gasteiger partial charge >= 0.3 is 0 Å². The lowest BCUT2D eigenvalue weighted by molar-refractivity contribution is 0.0126. The summed E-state index contributed by atoms with van der Waals surface area (Å²) in [4.78, 5) is 16.8. The topological polar surface area (TPSA) is 89.3 Å². The van der Waals surface area contributed by atoms with Gasteiger partial charge in [-0.2, -0.15) is 13.9 Å². The largest absolute Gasteiger partial charge is 0.488 e. The van der Waals surface area contributed by atoms with Crippen molar-refractivity contribution in [3.8, 4) is 5.75 Å². The van der Waals surface area contributed by atoms with Crippen LogP contribution in [-0.2, 0) is 5.92 Å². The quantitative estimate of drug-likeness (QED) is 0.367. The smallest absolute Gasteiger partial charge is 0.287 e. The molecule has 0 saturated heterocycles. The van der Waals surface area contributed by atoms with Gasteiger partial charge in [0.15, 0.2) is 0 Å². The molecule has 3 aromatic rings. The first-order valence-corrected chi connectivity index (χ1v) is 12.8. The van der Waals surface area contributed by atoms with Crippen LogP contribution in [0.4, 0.5) is 14.5 Å². The molecule has 1 aromatic carbocycles. The average molecular weight is 515 g/mol. The summed E-state index contributed by atoms with van der Waals surface area (Å²) in [5.74, 6) is -2.06. The molecular weight excluding hydrogens is 478 g/mol. The Morgan fingerprint density at radius 3 is 2.51 bits per heavy atom. The van der Waals surface area contributed by atoms with Gasteiger partial charge in [0.1, 0.15) is 23.7 Å². The minimum Gasteiger partial charge on any atom is -0.488 e. The predicted molar refractivity (Wildman–Crippen MR) is 139 cm³/mol. The van der Waals surface area contributed by atoms with Crippen LogP contribution in [-0.4, -0.2) is 38.0 Å². The third kappa shape index (κ3) is 6.63. The highest BCUT2D eigenvalue weighted by Crippen LogP contribution is 2.37. The SMILES string of the molecule is CC(C)C1CCC(n2cc3cc(NC(=O)c4cccc(C(C)(F)F)n4)c(OCC(C)(C)O)cc3n2)CC1. The molecular formula is C28H36F2N4O3. The van der Waals surface area contributed by atoms with Crippen molar-refractivity contribution in [3.63, 3.8) is 0 Å². The van der Waals surface area contributed by atoms with E-state index in [4.69, 9.17) is 9.84 Å². The van der Waals surface area contributed by atoms with Crippen molar-refractivity contribution in [1.82, 2.24) is 14.8 Å². The van der Waals surface area contributed by atoms with Crippen LogP contribution in [0.3, 0.4) is 0 Å². The first kappa shape index (κ1) is 27.0. The van der Waals surface area contributed by atoms with E-state index >= 15 is 0 Å². The van der Waals surface area contributed by atoms with Gasteiger partial charge in [-0.15, -0.1) is 0 Å². The Hall–Kier alpha value is -3.07. The van der Waals surface area contributed by atoms with E-state index in [-0.39, 0.29) is 12.3 Å². The fraction of sp³-hybridized carbons (Fsp3) is 0.536. The summed E-state index contributed by atoms with van der Waals surface area (Å²) in [7, 11) is 0. The number of ether oxygens (including phenoxy) is 1. The van der Waals surface area contributed by atoms with Gasteiger partial charge in [-0.25, -0.2) is 4.98 Å². The number of nitrogens with one attached hydrogen (secondary N) is 1. The van der Waals surface area contributed by atoms with E-state index in [0.29, 0.717) is 28.9 Å². The van der Waals surface area contributed by atoms with Crippen molar-refractivity contribution in [2.24, 2.45) is 11.8 Å². The molecule has 1 aliphatic rings. The molecule has 1 saturated carbocycles. The molecule has 0 atom stereocenters. The zero-order valence-electron chi connectivity index (χ0n) is 22.1. The summed E-state index contributed by atoms with van der Waals surface area (Å²) in [5.41, 5.74) is -0.666. The van der Waals surface area contributed by atoms with E-state index in [1.165, 1.54) is 31.0 Å². The maximum atomic E-state index is 13.7. The van der Waals surface area contributed by atoms with E-state index in [1.54, 1.807) is 26.0 Å². The third-order valence-corrected chi connectivity index (χ3v) is 6.94. The molecule has 1 fully saturated rings. The first-order chi connectivity index (χ1) is 17.3. The lowest BCUT2D eigenvalue weighted by Gasteiger charge is -2.30. The molecule has 0 spiro atoms. The summed E-state index contributed by atoms with van der Waals surface area (Å²) < 4.78 is 35.4. The summed E-state index contributed by atoms with van der Waals surface area (Å²) in [6.07, 6.45) is 6.44. The van der Waals surface area contributed by atoms with Gasteiger partial charge in [-0.05, 0) is 69.6 Å². The van der Waals surface area contributed by atoms with Crippen LogP contribution >= 0.6 is 0 Å². The Kier molecular flexibility index (Phi) is 7.55. The zero-order valence-corrected chi connectivity index (χ0v) is 22.1. The normalized spacial score (nSPS) is 18.8. The molecule has 2 N–H and O–H groups in total. The van der Waals surface area contributed by atoms with Crippen LogP contribution in [0.1, 0.15) is 82.5 Å². The number of aliphatic hydroxyl groups is 1. The number of alkyl halides is 2. The van der Waals surface area contributed by atoms with Gasteiger partial charge in [0.05, 0.1) is 22.8 Å². The number of hydrogen-bond acceptors (Lipinski definition) is 5. The Balaban J connectivity index is 1.62. The number of carbonyl (C=O) groups is 1. The zero-order chi connectivity index (χ0) is 27.0. The van der Waals surface area contributed by atoms with E-state index in [1.807, 2.05) is 10.9 Å². The minimum absolute atomic E-state index is 0.0168. The van der Waals surface area contributed by atoms with Crippen LogP contribution in [0.15, 0.2) is 36.5 Å². The van der Waals surface area contributed by atoms with Gasteiger partial charge in [-0.1, -0.05) is 19.9 Å². The van der Waals surface area contributed by atoms with Gasteiger partial charge in [-0.3, -0.25) is 9.48 Å². The van der Waals surface area contributed by atoms with Gasteiger partial charge < -0.3 is 15.2 Å². The minimum atomic E-state index is -3.17. The predicted octanol–water partition coefficient (Wildman–Crippen LogP) is 6.33. The van der Waals surface area contributed by atoms with Crippen molar-refractivity contribution in [1.29, 1.82) is 0 Å². The Morgan fingerprint density at radius 2 is 1.89 bits per heavy atom. The van der Waals surface area contributed by atoms with Crippen LogP contribution in [0.25, 0.3) is 10.9 Å². The fourth-order valence-electron chi connectivity index (χ4n) is 4.75. The van der Waals surface area contributed by atoms with E-state index < -0.39 is 23.1 Å². The molecule has 2 heterocycles. The molecule has 9 heteroatoms. The number of hydrogen-bond donors (Lipinski definition) is 2. The van der Waals surface area contributed by atoms with Crippen molar-refractivity contribution >= 4 is 22.5 Å². The number of carbonyl (C=O) groups excluding carboxylic acids is 1. The first-order valence-electron chi connectivity index (χ1n) is 12.8. The summed E-state index contributed by atoms with van der Waals surface area (Å²) in [6.45, 7) is 8.51. The van der Waals surface area contributed by atoms with Gasteiger partial charge in [0, 0.05) is 24.6 Å². The number of rotatable bonds is 8. The van der Waals surface area contributed by atoms with Crippen LogP contribution < -0.4 is 10.1 Å². The van der Waals surface area contributed by atoms with Crippen LogP contribution in [0.5, 0.6) is 5.75 Å². The third-order valence-electron chi connectivity index (χ3n) is 6.94.